The molecule has 2 aromatic rings. The molecule has 0 amide bonds. The molecule has 1 aliphatic heterocycles. The molecule has 0 aromatic heterocycles. The van der Waals surface area contributed by atoms with E-state index in [9.17, 15) is 13.5 Å². The zero-order valence-corrected chi connectivity index (χ0v) is 15.2. The highest BCUT2D eigenvalue weighted by Crippen LogP contribution is 2.38. The molecule has 3 rings (SSSR count). The molecule has 7 heteroatoms. The van der Waals surface area contributed by atoms with E-state index in [4.69, 9.17) is 9.47 Å². The fourth-order valence-corrected chi connectivity index (χ4v) is 4.30. The van der Waals surface area contributed by atoms with E-state index in [1.54, 1.807) is 38.1 Å². The van der Waals surface area contributed by atoms with Gasteiger partial charge >= 0.3 is 0 Å². The maximum absolute atomic E-state index is 12.8. The molecule has 25 heavy (non-hydrogen) atoms. The van der Waals surface area contributed by atoms with Crippen LogP contribution < -0.4 is 14.2 Å². The monoisotopic (exact) mass is 361 g/mol. The largest absolute Gasteiger partial charge is 0.507 e. The van der Waals surface area contributed by atoms with Crippen molar-refractivity contribution in [1.29, 1.82) is 0 Å². The van der Waals surface area contributed by atoms with Gasteiger partial charge in [0.2, 0.25) is 0 Å². The summed E-state index contributed by atoms with van der Waals surface area (Å²) in [4.78, 5) is 0.0757. The molecule has 132 valence electrons. The standard InChI is InChI=1S/C18H19NO5S/c1-10-5-12(6-11(2)17(10)20)15-8-13-7-14(23-3)9-16(24-4)18(13)25(21,22)19-15/h5-9,19-20H,1-4H3. The van der Waals surface area contributed by atoms with Gasteiger partial charge in [0.15, 0.2) is 0 Å². The van der Waals surface area contributed by atoms with E-state index >= 15 is 0 Å². The van der Waals surface area contributed by atoms with Crippen LogP contribution in [-0.2, 0) is 10.0 Å². The summed E-state index contributed by atoms with van der Waals surface area (Å²) < 4.78 is 38.5. The molecule has 2 aromatic carbocycles. The normalized spacial score (nSPS) is 15.0. The van der Waals surface area contributed by atoms with Gasteiger partial charge in [-0.05, 0) is 54.8 Å². The first-order valence-electron chi connectivity index (χ1n) is 7.58. The van der Waals surface area contributed by atoms with Gasteiger partial charge in [-0.25, -0.2) is 8.42 Å². The van der Waals surface area contributed by atoms with Crippen molar-refractivity contribution in [3.8, 4) is 17.2 Å². The first-order chi connectivity index (χ1) is 11.8. The Morgan fingerprint density at radius 3 is 2.20 bits per heavy atom. The Morgan fingerprint density at radius 2 is 1.64 bits per heavy atom. The van der Waals surface area contributed by atoms with E-state index in [0.717, 1.165) is 0 Å². The predicted molar refractivity (Wildman–Crippen MR) is 95.3 cm³/mol. The van der Waals surface area contributed by atoms with Crippen molar-refractivity contribution in [2.75, 3.05) is 14.2 Å². The number of benzene rings is 2. The lowest BCUT2D eigenvalue weighted by Gasteiger charge is -2.22. The summed E-state index contributed by atoms with van der Waals surface area (Å²) in [6, 6.07) is 6.65. The van der Waals surface area contributed by atoms with Crippen molar-refractivity contribution in [3.05, 3.63) is 46.5 Å². The molecule has 1 heterocycles. The Hall–Kier alpha value is -2.67. The molecule has 0 atom stereocenters. The molecule has 2 N–H and O–H groups in total. The summed E-state index contributed by atoms with van der Waals surface area (Å²) in [6.45, 7) is 3.54. The molecular weight excluding hydrogens is 342 g/mol. The first kappa shape index (κ1) is 17.2. The van der Waals surface area contributed by atoms with Crippen LogP contribution in [0.5, 0.6) is 17.2 Å². The van der Waals surface area contributed by atoms with Crippen LogP contribution in [0, 0.1) is 13.8 Å². The molecule has 0 unspecified atom stereocenters. The van der Waals surface area contributed by atoms with Crippen molar-refractivity contribution in [1.82, 2.24) is 4.72 Å². The lowest BCUT2D eigenvalue weighted by atomic mass is 10.0. The Labute approximate surface area is 146 Å². The third-order valence-corrected chi connectivity index (χ3v) is 5.59. The second kappa shape index (κ2) is 6.00. The lowest BCUT2D eigenvalue weighted by molar-refractivity contribution is 0.385. The van der Waals surface area contributed by atoms with Gasteiger partial charge in [-0.15, -0.1) is 0 Å². The minimum atomic E-state index is -3.80. The number of methoxy groups -OCH3 is 2. The summed E-state index contributed by atoms with van der Waals surface area (Å²) >= 11 is 0. The minimum absolute atomic E-state index is 0.0757. The smallest absolute Gasteiger partial charge is 0.266 e. The predicted octanol–water partition coefficient (Wildman–Crippen LogP) is 2.82. The third-order valence-electron chi connectivity index (χ3n) is 4.13. The van der Waals surface area contributed by atoms with Crippen LogP contribution in [-0.4, -0.2) is 27.7 Å². The summed E-state index contributed by atoms with van der Waals surface area (Å²) in [6.07, 6.45) is 1.73. The molecule has 0 saturated carbocycles. The number of hydrogen-bond donors (Lipinski definition) is 2. The number of fused-ring (bicyclic) bond motifs is 1. The number of nitrogens with one attached hydrogen (secondary N) is 1. The molecule has 0 bridgehead atoms. The fraction of sp³-hybridized carbons (Fsp3) is 0.222. The summed E-state index contributed by atoms with van der Waals surface area (Å²) in [5, 5.41) is 9.93. The molecule has 6 nitrogen and oxygen atoms in total. The fourth-order valence-electron chi connectivity index (χ4n) is 2.90. The van der Waals surface area contributed by atoms with E-state index in [1.165, 1.54) is 20.3 Å². The number of ether oxygens (including phenoxy) is 2. The van der Waals surface area contributed by atoms with E-state index in [-0.39, 0.29) is 16.4 Å². The number of aromatic hydroxyl groups is 1. The molecule has 1 aliphatic rings. The van der Waals surface area contributed by atoms with Crippen molar-refractivity contribution in [3.63, 3.8) is 0 Å². The Bertz CT molecular complexity index is 970. The van der Waals surface area contributed by atoms with Gasteiger partial charge < -0.3 is 14.6 Å². The summed E-state index contributed by atoms with van der Waals surface area (Å²) in [7, 11) is -0.883. The highest BCUT2D eigenvalue weighted by molar-refractivity contribution is 7.90. The topological polar surface area (TPSA) is 84.9 Å². The highest BCUT2D eigenvalue weighted by Gasteiger charge is 2.29. The van der Waals surface area contributed by atoms with E-state index < -0.39 is 10.0 Å². The van der Waals surface area contributed by atoms with Crippen LogP contribution in [0.4, 0.5) is 0 Å². The number of phenolic OH excluding ortho intramolecular Hbond substituents is 1. The van der Waals surface area contributed by atoms with Crippen LogP contribution in [0.2, 0.25) is 0 Å². The first-order valence-corrected chi connectivity index (χ1v) is 9.06. The third kappa shape index (κ3) is 2.91. The number of aryl methyl sites for hydroxylation is 2. The minimum Gasteiger partial charge on any atom is -0.507 e. The number of rotatable bonds is 3. The van der Waals surface area contributed by atoms with Gasteiger partial charge in [0.05, 0.1) is 19.9 Å². The van der Waals surface area contributed by atoms with Crippen molar-refractivity contribution < 1.29 is 23.0 Å². The SMILES string of the molecule is COc1cc2c(c(OC)c1)S(=O)(=O)NC(c1cc(C)c(O)c(C)c1)=C2. The van der Waals surface area contributed by atoms with E-state index in [1.807, 2.05) is 0 Å². The Kier molecular flexibility index (Phi) is 4.12. The number of hydrogen-bond acceptors (Lipinski definition) is 5. The Balaban J connectivity index is 2.25. The van der Waals surface area contributed by atoms with Crippen LogP contribution in [0.25, 0.3) is 11.8 Å². The van der Waals surface area contributed by atoms with E-state index in [2.05, 4.69) is 4.72 Å². The van der Waals surface area contributed by atoms with Crippen molar-refractivity contribution in [2.24, 2.45) is 0 Å². The lowest BCUT2D eigenvalue weighted by Crippen LogP contribution is -2.27. The second-order valence-corrected chi connectivity index (χ2v) is 7.49. The average molecular weight is 361 g/mol. The van der Waals surface area contributed by atoms with Gasteiger partial charge in [0, 0.05) is 11.6 Å². The van der Waals surface area contributed by atoms with E-state index in [0.29, 0.717) is 33.7 Å². The zero-order chi connectivity index (χ0) is 18.4. The van der Waals surface area contributed by atoms with Crippen LogP contribution in [0.15, 0.2) is 29.2 Å². The number of sulfonamides is 1. The van der Waals surface area contributed by atoms with Gasteiger partial charge in [-0.1, -0.05) is 0 Å². The zero-order valence-electron chi connectivity index (χ0n) is 14.4. The Morgan fingerprint density at radius 1 is 1.00 bits per heavy atom. The van der Waals surface area contributed by atoms with Gasteiger partial charge in [0.1, 0.15) is 22.1 Å². The summed E-state index contributed by atoms with van der Waals surface area (Å²) in [5.41, 5.74) is 2.92. The number of phenols is 1. The molecule has 0 aliphatic carbocycles. The van der Waals surface area contributed by atoms with Crippen LogP contribution in [0.1, 0.15) is 22.3 Å². The molecule has 0 fully saturated rings. The quantitative estimate of drug-likeness (QED) is 0.878. The van der Waals surface area contributed by atoms with Crippen LogP contribution in [0.3, 0.4) is 0 Å². The maximum Gasteiger partial charge on any atom is 0.266 e. The maximum atomic E-state index is 12.8. The molecule has 0 saturated heterocycles. The van der Waals surface area contributed by atoms with Gasteiger partial charge in [-0.2, -0.15) is 0 Å². The molecule has 0 radical (unpaired) electrons. The average Bonchev–Trinajstić information content (AvgIpc) is 2.57. The summed E-state index contributed by atoms with van der Waals surface area (Å²) in [5.74, 6) is 0.920. The van der Waals surface area contributed by atoms with Crippen molar-refractivity contribution in [2.45, 2.75) is 18.7 Å². The second-order valence-electron chi connectivity index (χ2n) is 5.87. The highest BCUT2D eigenvalue weighted by atomic mass is 32.2. The molecule has 0 spiro atoms. The van der Waals surface area contributed by atoms with Gasteiger partial charge in [0.25, 0.3) is 10.0 Å². The molecular formula is C18H19NO5S. The van der Waals surface area contributed by atoms with Crippen LogP contribution >= 0.6 is 0 Å². The van der Waals surface area contributed by atoms with Gasteiger partial charge in [-0.3, -0.25) is 4.72 Å². The van der Waals surface area contributed by atoms with Crippen molar-refractivity contribution >= 4 is 21.8 Å².